The number of hydrogen-bond donors (Lipinski definition) is 2. The van der Waals surface area contributed by atoms with Crippen molar-refractivity contribution >= 4 is 11.6 Å². The third kappa shape index (κ3) is 4.16. The van der Waals surface area contributed by atoms with E-state index in [4.69, 9.17) is 9.84 Å². The molecule has 116 valence electrons. The van der Waals surface area contributed by atoms with E-state index in [0.717, 1.165) is 0 Å². The van der Waals surface area contributed by atoms with Gasteiger partial charge in [0, 0.05) is 23.8 Å². The summed E-state index contributed by atoms with van der Waals surface area (Å²) in [5.41, 5.74) is -0.633. The number of aliphatic hydroxyl groups is 1. The molecule has 0 spiro atoms. The smallest absolute Gasteiger partial charge is 0.311 e. The van der Waals surface area contributed by atoms with Crippen LogP contribution in [0.15, 0.2) is 18.2 Å². The highest BCUT2D eigenvalue weighted by molar-refractivity contribution is 5.95. The van der Waals surface area contributed by atoms with Gasteiger partial charge in [0.05, 0.1) is 12.0 Å². The Hall–Kier alpha value is -2.15. The second-order valence-electron chi connectivity index (χ2n) is 4.99. The lowest BCUT2D eigenvalue weighted by Crippen LogP contribution is -2.46. The predicted octanol–water partition coefficient (Wildman–Crippen LogP) is 1.88. The van der Waals surface area contributed by atoms with Crippen molar-refractivity contribution in [2.24, 2.45) is 0 Å². The number of nitrogens with one attached hydrogen (secondary N) is 1. The molecule has 0 saturated heterocycles. The molecule has 1 rings (SSSR count). The summed E-state index contributed by atoms with van der Waals surface area (Å²) in [5, 5.41) is 22.8. The van der Waals surface area contributed by atoms with E-state index < -0.39 is 16.4 Å². The van der Waals surface area contributed by atoms with Gasteiger partial charge in [-0.05, 0) is 31.9 Å². The van der Waals surface area contributed by atoms with Crippen LogP contribution in [0, 0.1) is 10.1 Å². The first-order valence-electron chi connectivity index (χ1n) is 6.62. The first kappa shape index (κ1) is 16.9. The molecule has 1 unspecified atom stereocenters. The number of aliphatic hydroxyl groups excluding tert-OH is 1. The quantitative estimate of drug-likeness (QED) is 0.591. The molecule has 0 heterocycles. The molecule has 0 bridgehead atoms. The van der Waals surface area contributed by atoms with E-state index in [1.807, 2.05) is 13.8 Å². The fourth-order valence-electron chi connectivity index (χ4n) is 1.89. The number of carbonyl (C=O) groups excluding carboxylic acids is 1. The van der Waals surface area contributed by atoms with Gasteiger partial charge in [0.25, 0.3) is 5.91 Å². The highest BCUT2D eigenvalue weighted by atomic mass is 16.6. The molecule has 0 fully saturated rings. The van der Waals surface area contributed by atoms with Gasteiger partial charge in [0.1, 0.15) is 0 Å². The Bertz CT molecular complexity index is 532. The number of nitro groups is 1. The van der Waals surface area contributed by atoms with Crippen LogP contribution in [-0.4, -0.2) is 35.2 Å². The molecule has 1 amide bonds. The largest absolute Gasteiger partial charge is 0.490 e. The van der Waals surface area contributed by atoms with Gasteiger partial charge in [0.15, 0.2) is 5.75 Å². The SMILES string of the molecule is CCC(C)(CCO)NC(=O)c1ccc(OC)c([N+](=O)[O-])c1. The van der Waals surface area contributed by atoms with Crippen LogP contribution in [0.4, 0.5) is 5.69 Å². The number of methoxy groups -OCH3 is 1. The molecule has 2 N–H and O–H groups in total. The van der Waals surface area contributed by atoms with Crippen molar-refractivity contribution in [1.29, 1.82) is 0 Å². The van der Waals surface area contributed by atoms with Crippen molar-refractivity contribution in [3.05, 3.63) is 33.9 Å². The standard InChI is InChI=1S/C14H20N2O5/c1-4-14(2,7-8-17)15-13(18)10-5-6-12(21-3)11(9-10)16(19)20/h5-6,9,17H,4,7-8H2,1-3H3,(H,15,18). The van der Waals surface area contributed by atoms with Crippen molar-refractivity contribution in [3.63, 3.8) is 0 Å². The van der Waals surface area contributed by atoms with Crippen LogP contribution < -0.4 is 10.1 Å². The summed E-state index contributed by atoms with van der Waals surface area (Å²) in [4.78, 5) is 22.6. The molecule has 1 aromatic carbocycles. The van der Waals surface area contributed by atoms with Crippen LogP contribution in [0.2, 0.25) is 0 Å². The monoisotopic (exact) mass is 296 g/mol. The Morgan fingerprint density at radius 1 is 1.52 bits per heavy atom. The number of nitrogens with zero attached hydrogens (tertiary/aromatic N) is 1. The zero-order valence-corrected chi connectivity index (χ0v) is 12.4. The number of nitro benzene ring substituents is 1. The second-order valence-corrected chi connectivity index (χ2v) is 4.99. The first-order valence-corrected chi connectivity index (χ1v) is 6.62. The summed E-state index contributed by atoms with van der Waals surface area (Å²) < 4.78 is 4.90. The third-order valence-corrected chi connectivity index (χ3v) is 3.50. The highest BCUT2D eigenvalue weighted by Gasteiger charge is 2.25. The van der Waals surface area contributed by atoms with Gasteiger partial charge < -0.3 is 15.2 Å². The molecule has 7 nitrogen and oxygen atoms in total. The van der Waals surface area contributed by atoms with Crippen LogP contribution in [0.3, 0.4) is 0 Å². The van der Waals surface area contributed by atoms with Gasteiger partial charge >= 0.3 is 5.69 Å². The van der Waals surface area contributed by atoms with E-state index in [1.54, 1.807) is 0 Å². The fourth-order valence-corrected chi connectivity index (χ4v) is 1.89. The number of rotatable bonds is 7. The van der Waals surface area contributed by atoms with Crippen LogP contribution in [0.1, 0.15) is 37.0 Å². The van der Waals surface area contributed by atoms with Gasteiger partial charge in [-0.15, -0.1) is 0 Å². The van der Waals surface area contributed by atoms with E-state index in [1.165, 1.54) is 25.3 Å². The minimum atomic E-state index is -0.595. The highest BCUT2D eigenvalue weighted by Crippen LogP contribution is 2.27. The molecular formula is C14H20N2O5. The lowest BCUT2D eigenvalue weighted by Gasteiger charge is -2.29. The summed E-state index contributed by atoms with van der Waals surface area (Å²) >= 11 is 0. The van der Waals surface area contributed by atoms with E-state index >= 15 is 0 Å². The minimum absolute atomic E-state index is 0.0482. The van der Waals surface area contributed by atoms with Gasteiger partial charge in [0.2, 0.25) is 0 Å². The van der Waals surface area contributed by atoms with Gasteiger partial charge in [-0.3, -0.25) is 14.9 Å². The average molecular weight is 296 g/mol. The molecule has 1 atom stereocenters. The molecule has 0 aliphatic heterocycles. The Morgan fingerprint density at radius 3 is 2.67 bits per heavy atom. The zero-order chi connectivity index (χ0) is 16.0. The van der Waals surface area contributed by atoms with E-state index in [0.29, 0.717) is 12.8 Å². The number of hydrogen-bond acceptors (Lipinski definition) is 5. The van der Waals surface area contributed by atoms with Crippen molar-refractivity contribution in [1.82, 2.24) is 5.32 Å². The lowest BCUT2D eigenvalue weighted by molar-refractivity contribution is -0.385. The number of benzene rings is 1. The summed E-state index contributed by atoms with van der Waals surface area (Å²) in [5.74, 6) is -0.316. The zero-order valence-electron chi connectivity index (χ0n) is 12.4. The Labute approximate surface area is 123 Å². The van der Waals surface area contributed by atoms with E-state index in [2.05, 4.69) is 5.32 Å². The lowest BCUT2D eigenvalue weighted by atomic mass is 9.94. The molecule has 0 saturated carbocycles. The maximum atomic E-state index is 12.2. The Kier molecular flexibility index (Phi) is 5.66. The Morgan fingerprint density at radius 2 is 2.19 bits per heavy atom. The minimum Gasteiger partial charge on any atom is -0.490 e. The predicted molar refractivity (Wildman–Crippen MR) is 77.5 cm³/mol. The van der Waals surface area contributed by atoms with E-state index in [9.17, 15) is 14.9 Å². The van der Waals surface area contributed by atoms with Gasteiger partial charge in [-0.25, -0.2) is 0 Å². The summed E-state index contributed by atoms with van der Waals surface area (Å²) in [7, 11) is 1.33. The van der Waals surface area contributed by atoms with Gasteiger partial charge in [-0.2, -0.15) is 0 Å². The molecule has 0 radical (unpaired) electrons. The molecule has 21 heavy (non-hydrogen) atoms. The normalized spacial score (nSPS) is 13.3. The third-order valence-electron chi connectivity index (χ3n) is 3.50. The fraction of sp³-hybridized carbons (Fsp3) is 0.500. The maximum absolute atomic E-state index is 12.2. The van der Waals surface area contributed by atoms with Crippen molar-refractivity contribution in [3.8, 4) is 5.75 Å². The van der Waals surface area contributed by atoms with Crippen LogP contribution in [0.5, 0.6) is 5.75 Å². The molecule has 0 aliphatic rings. The first-order chi connectivity index (χ1) is 9.86. The summed E-state index contributed by atoms with van der Waals surface area (Å²) in [6.45, 7) is 3.67. The number of amides is 1. The number of ether oxygens (including phenoxy) is 1. The van der Waals surface area contributed by atoms with Crippen LogP contribution >= 0.6 is 0 Å². The maximum Gasteiger partial charge on any atom is 0.311 e. The topological polar surface area (TPSA) is 102 Å². The second kappa shape index (κ2) is 7.03. The van der Waals surface area contributed by atoms with Crippen molar-refractivity contribution in [2.75, 3.05) is 13.7 Å². The molecular weight excluding hydrogens is 276 g/mol. The summed E-state index contributed by atoms with van der Waals surface area (Å²) in [6.07, 6.45) is 1.05. The summed E-state index contributed by atoms with van der Waals surface area (Å²) in [6, 6.07) is 4.04. The Balaban J connectivity index is 3.03. The van der Waals surface area contributed by atoms with Crippen molar-refractivity contribution < 1.29 is 19.6 Å². The molecule has 0 aromatic heterocycles. The average Bonchev–Trinajstić information content (AvgIpc) is 2.46. The van der Waals surface area contributed by atoms with Crippen molar-refractivity contribution in [2.45, 2.75) is 32.2 Å². The van der Waals surface area contributed by atoms with Crippen LogP contribution in [0.25, 0.3) is 0 Å². The van der Waals surface area contributed by atoms with E-state index in [-0.39, 0.29) is 23.6 Å². The van der Waals surface area contributed by atoms with Crippen LogP contribution in [-0.2, 0) is 0 Å². The number of carbonyl (C=O) groups is 1. The molecule has 0 aliphatic carbocycles. The molecule has 7 heteroatoms. The molecule has 1 aromatic rings. The van der Waals surface area contributed by atoms with Gasteiger partial charge in [-0.1, -0.05) is 6.92 Å².